The Morgan fingerprint density at radius 2 is 1.00 bits per heavy atom. The Morgan fingerprint density at radius 3 is 1.59 bits per heavy atom. The highest BCUT2D eigenvalue weighted by Gasteiger charge is 2.06. The van der Waals surface area contributed by atoms with E-state index in [0.717, 1.165) is 22.6 Å². The van der Waals surface area contributed by atoms with Crippen LogP contribution in [0.4, 0.5) is 0 Å². The Morgan fingerprint density at radius 1 is 0.500 bits per heavy atom. The van der Waals surface area contributed by atoms with Gasteiger partial charge in [-0.1, -0.05) is 60.7 Å². The minimum Gasteiger partial charge on any atom is -0.493 e. The third-order valence-corrected chi connectivity index (χ3v) is 3.71. The number of hydrogen-bond donors (Lipinski definition) is 0. The van der Waals surface area contributed by atoms with Crippen molar-refractivity contribution in [2.45, 2.75) is 0 Å². The van der Waals surface area contributed by atoms with Crippen LogP contribution < -0.4 is 9.47 Å². The summed E-state index contributed by atoms with van der Waals surface area (Å²) in [6.07, 6.45) is 0. The van der Waals surface area contributed by atoms with E-state index in [9.17, 15) is 0 Å². The molecule has 3 aromatic rings. The Balaban J connectivity index is 1.93. The number of rotatable bonds is 4. The lowest BCUT2D eigenvalue weighted by Crippen LogP contribution is -1.90. The molecule has 0 unspecified atom stereocenters. The van der Waals surface area contributed by atoms with Gasteiger partial charge in [-0.05, 0) is 34.4 Å². The summed E-state index contributed by atoms with van der Waals surface area (Å²) >= 11 is 0. The lowest BCUT2D eigenvalue weighted by Gasteiger charge is -2.10. The van der Waals surface area contributed by atoms with Gasteiger partial charge >= 0.3 is 0 Å². The van der Waals surface area contributed by atoms with Crippen molar-refractivity contribution in [1.29, 1.82) is 0 Å². The topological polar surface area (TPSA) is 18.5 Å². The lowest BCUT2D eigenvalue weighted by molar-refractivity contribution is 0.355. The van der Waals surface area contributed by atoms with Crippen LogP contribution in [0.15, 0.2) is 72.8 Å². The third kappa shape index (κ3) is 2.82. The maximum Gasteiger partial charge on any atom is 0.161 e. The molecule has 0 aliphatic heterocycles. The van der Waals surface area contributed by atoms with Gasteiger partial charge in [0.15, 0.2) is 11.5 Å². The van der Waals surface area contributed by atoms with Crippen molar-refractivity contribution >= 4 is 0 Å². The lowest BCUT2D eigenvalue weighted by atomic mass is 10.00. The van der Waals surface area contributed by atoms with Gasteiger partial charge in [0.25, 0.3) is 0 Å². The van der Waals surface area contributed by atoms with E-state index in [1.165, 1.54) is 11.1 Å². The summed E-state index contributed by atoms with van der Waals surface area (Å²) in [4.78, 5) is 0. The Hall–Kier alpha value is -2.74. The summed E-state index contributed by atoms with van der Waals surface area (Å²) in [6.45, 7) is 0. The Bertz CT molecular complexity index is 746. The first-order chi connectivity index (χ1) is 10.8. The smallest absolute Gasteiger partial charge is 0.161 e. The fraction of sp³-hybridized carbons (Fsp3) is 0.100. The molecule has 22 heavy (non-hydrogen) atoms. The van der Waals surface area contributed by atoms with Gasteiger partial charge in [-0.25, -0.2) is 0 Å². The highest BCUT2D eigenvalue weighted by molar-refractivity contribution is 5.72. The van der Waals surface area contributed by atoms with Crippen LogP contribution in [-0.4, -0.2) is 14.2 Å². The zero-order valence-corrected chi connectivity index (χ0v) is 12.7. The minimum absolute atomic E-state index is 0.743. The molecule has 0 heterocycles. The highest BCUT2D eigenvalue weighted by Crippen LogP contribution is 2.33. The van der Waals surface area contributed by atoms with E-state index in [-0.39, 0.29) is 0 Å². The molecule has 0 aliphatic rings. The van der Waals surface area contributed by atoms with Crippen molar-refractivity contribution in [3.8, 4) is 33.8 Å². The van der Waals surface area contributed by atoms with Gasteiger partial charge < -0.3 is 9.47 Å². The van der Waals surface area contributed by atoms with Crippen LogP contribution in [0.5, 0.6) is 11.5 Å². The number of benzene rings is 3. The van der Waals surface area contributed by atoms with Crippen LogP contribution in [0.3, 0.4) is 0 Å². The number of ether oxygens (including phenoxy) is 2. The van der Waals surface area contributed by atoms with Gasteiger partial charge in [0, 0.05) is 0 Å². The van der Waals surface area contributed by atoms with Gasteiger partial charge in [0.05, 0.1) is 14.2 Å². The van der Waals surface area contributed by atoms with Gasteiger partial charge in [0.1, 0.15) is 0 Å². The molecule has 3 aromatic carbocycles. The van der Waals surface area contributed by atoms with Crippen molar-refractivity contribution in [1.82, 2.24) is 0 Å². The Labute approximate surface area is 131 Å². The predicted molar refractivity (Wildman–Crippen MR) is 90.4 cm³/mol. The first-order valence-electron chi connectivity index (χ1n) is 7.19. The molecular formula is C20H18O2. The van der Waals surface area contributed by atoms with E-state index in [4.69, 9.17) is 9.47 Å². The van der Waals surface area contributed by atoms with E-state index in [2.05, 4.69) is 48.5 Å². The van der Waals surface area contributed by atoms with Crippen LogP contribution in [0, 0.1) is 0 Å². The minimum atomic E-state index is 0.743. The molecule has 0 aromatic heterocycles. The molecule has 3 rings (SSSR count). The highest BCUT2D eigenvalue weighted by atomic mass is 16.5. The average Bonchev–Trinajstić information content (AvgIpc) is 2.62. The summed E-state index contributed by atoms with van der Waals surface area (Å²) in [7, 11) is 3.30. The molecule has 0 amide bonds. The van der Waals surface area contributed by atoms with Crippen molar-refractivity contribution in [3.63, 3.8) is 0 Å². The van der Waals surface area contributed by atoms with E-state index in [1.54, 1.807) is 14.2 Å². The maximum absolute atomic E-state index is 5.37. The second-order valence-electron chi connectivity index (χ2n) is 5.01. The average molecular weight is 290 g/mol. The van der Waals surface area contributed by atoms with Crippen molar-refractivity contribution in [3.05, 3.63) is 72.8 Å². The molecule has 0 saturated carbocycles. The van der Waals surface area contributed by atoms with E-state index in [1.807, 2.05) is 24.3 Å². The number of methoxy groups -OCH3 is 2. The monoisotopic (exact) mass is 290 g/mol. The Kier molecular flexibility index (Phi) is 4.10. The first-order valence-corrected chi connectivity index (χ1v) is 7.19. The normalized spacial score (nSPS) is 10.3. The standard InChI is InChI=1S/C20H18O2/c1-21-19-13-12-18(14-20(19)22-2)17-10-8-16(9-11-17)15-6-4-3-5-7-15/h3-14H,1-2H3. The quantitative estimate of drug-likeness (QED) is 0.670. The zero-order valence-electron chi connectivity index (χ0n) is 12.7. The second kappa shape index (κ2) is 6.35. The predicted octanol–water partition coefficient (Wildman–Crippen LogP) is 5.04. The molecule has 0 fully saturated rings. The summed E-state index contributed by atoms with van der Waals surface area (Å²) in [5.74, 6) is 1.49. The van der Waals surface area contributed by atoms with E-state index >= 15 is 0 Å². The van der Waals surface area contributed by atoms with Crippen LogP contribution in [0.1, 0.15) is 0 Å². The summed E-state index contributed by atoms with van der Waals surface area (Å²) in [5, 5.41) is 0. The molecule has 2 nitrogen and oxygen atoms in total. The molecule has 0 bridgehead atoms. The molecule has 0 saturated heterocycles. The summed E-state index contributed by atoms with van der Waals surface area (Å²) in [5.41, 5.74) is 4.70. The van der Waals surface area contributed by atoms with Crippen molar-refractivity contribution < 1.29 is 9.47 Å². The van der Waals surface area contributed by atoms with Gasteiger partial charge in [-0.15, -0.1) is 0 Å². The second-order valence-corrected chi connectivity index (χ2v) is 5.01. The third-order valence-electron chi connectivity index (χ3n) is 3.71. The molecule has 110 valence electrons. The van der Waals surface area contributed by atoms with Crippen molar-refractivity contribution in [2.75, 3.05) is 14.2 Å². The van der Waals surface area contributed by atoms with Crippen LogP contribution in [0.25, 0.3) is 22.3 Å². The number of hydrogen-bond acceptors (Lipinski definition) is 2. The molecule has 0 aliphatic carbocycles. The van der Waals surface area contributed by atoms with Gasteiger partial charge in [-0.2, -0.15) is 0 Å². The van der Waals surface area contributed by atoms with Crippen molar-refractivity contribution in [2.24, 2.45) is 0 Å². The SMILES string of the molecule is COc1ccc(-c2ccc(-c3ccccc3)cc2)cc1OC. The van der Waals surface area contributed by atoms with Gasteiger partial charge in [0.2, 0.25) is 0 Å². The largest absolute Gasteiger partial charge is 0.493 e. The molecule has 0 spiro atoms. The van der Waals surface area contributed by atoms with Crippen LogP contribution in [0.2, 0.25) is 0 Å². The summed E-state index contributed by atoms with van der Waals surface area (Å²) in [6, 6.07) is 24.9. The zero-order chi connectivity index (χ0) is 15.4. The van der Waals surface area contributed by atoms with E-state index < -0.39 is 0 Å². The summed E-state index contributed by atoms with van der Waals surface area (Å²) < 4.78 is 10.6. The fourth-order valence-electron chi connectivity index (χ4n) is 2.50. The van der Waals surface area contributed by atoms with Crippen LogP contribution in [-0.2, 0) is 0 Å². The fourth-order valence-corrected chi connectivity index (χ4v) is 2.50. The molecule has 2 heteroatoms. The molecule has 0 atom stereocenters. The first kappa shape index (κ1) is 14.2. The molecule has 0 N–H and O–H groups in total. The van der Waals surface area contributed by atoms with E-state index in [0.29, 0.717) is 0 Å². The maximum atomic E-state index is 5.37. The van der Waals surface area contributed by atoms with Gasteiger partial charge in [-0.3, -0.25) is 0 Å². The molecule has 0 radical (unpaired) electrons. The van der Waals surface area contributed by atoms with Crippen LogP contribution >= 0.6 is 0 Å². The molecular weight excluding hydrogens is 272 g/mol.